The molecule has 0 spiro atoms. The highest BCUT2D eigenvalue weighted by atomic mass is 16.4. The third-order valence-corrected chi connectivity index (χ3v) is 11.8. The third-order valence-electron chi connectivity index (χ3n) is 11.8. The zero-order valence-corrected chi connectivity index (χ0v) is 24.0. The lowest BCUT2D eigenvalue weighted by Crippen LogP contribution is -2.72. The van der Waals surface area contributed by atoms with Gasteiger partial charge in [0, 0.05) is 17.8 Å². The first-order valence-corrected chi connectivity index (χ1v) is 14.3. The highest BCUT2D eigenvalue weighted by molar-refractivity contribution is 5.88. The molecule has 7 nitrogen and oxygen atoms in total. The van der Waals surface area contributed by atoms with E-state index < -0.39 is 28.7 Å². The van der Waals surface area contributed by atoms with E-state index in [1.807, 2.05) is 13.8 Å². The molecule has 214 valence electrons. The number of carboxylic acids is 1. The van der Waals surface area contributed by atoms with Crippen LogP contribution in [0.1, 0.15) is 99.3 Å². The summed E-state index contributed by atoms with van der Waals surface area (Å²) in [4.78, 5) is 37.7. The van der Waals surface area contributed by atoms with Gasteiger partial charge in [0.1, 0.15) is 11.2 Å². The lowest BCUT2D eigenvalue weighted by molar-refractivity contribution is -0.259. The second-order valence-electron chi connectivity index (χ2n) is 13.3. The minimum absolute atomic E-state index is 0.0225. The predicted molar refractivity (Wildman–Crippen MR) is 144 cm³/mol. The van der Waals surface area contributed by atoms with E-state index in [0.29, 0.717) is 32.1 Å². The van der Waals surface area contributed by atoms with Crippen LogP contribution in [0.5, 0.6) is 0 Å². The number of ketones is 2. The molecule has 38 heavy (non-hydrogen) atoms. The SMILES string of the molecule is C#CC.CC(=O)[C@]1(O)CC2C(C3CC[C@H]([C@H](C)CCC(=O)O)[C@]31C)[C@@](O)(C(C)=O)C[C@@H]1C[C@@H](O)CC[C@]21C. The van der Waals surface area contributed by atoms with E-state index >= 15 is 0 Å². The summed E-state index contributed by atoms with van der Waals surface area (Å²) in [6.07, 6.45) is 8.44. The van der Waals surface area contributed by atoms with Gasteiger partial charge >= 0.3 is 5.97 Å². The molecule has 0 aromatic heterocycles. The molecule has 4 saturated carbocycles. The number of terminal acetylenes is 1. The number of carboxylic acid groups (broad SMARTS) is 1. The molecule has 4 rings (SSSR count). The van der Waals surface area contributed by atoms with Crippen LogP contribution >= 0.6 is 0 Å². The first kappa shape index (κ1) is 30.8. The van der Waals surface area contributed by atoms with Crippen LogP contribution in [-0.2, 0) is 14.4 Å². The largest absolute Gasteiger partial charge is 0.481 e. The fourth-order valence-corrected chi connectivity index (χ4v) is 9.70. The van der Waals surface area contributed by atoms with Crippen molar-refractivity contribution in [3.8, 4) is 12.3 Å². The summed E-state index contributed by atoms with van der Waals surface area (Å²) in [7, 11) is 0. The Morgan fingerprint density at radius 1 is 1.03 bits per heavy atom. The number of rotatable bonds is 6. The maximum Gasteiger partial charge on any atom is 0.303 e. The van der Waals surface area contributed by atoms with Crippen molar-refractivity contribution in [3.63, 3.8) is 0 Å². The van der Waals surface area contributed by atoms with Gasteiger partial charge in [-0.15, -0.1) is 12.3 Å². The van der Waals surface area contributed by atoms with E-state index in [1.54, 1.807) is 6.92 Å². The Morgan fingerprint density at radius 3 is 2.16 bits per heavy atom. The van der Waals surface area contributed by atoms with Crippen LogP contribution in [0.25, 0.3) is 0 Å². The summed E-state index contributed by atoms with van der Waals surface area (Å²) in [5, 5.41) is 44.0. The minimum Gasteiger partial charge on any atom is -0.481 e. The van der Waals surface area contributed by atoms with Crippen LogP contribution in [-0.4, -0.2) is 55.3 Å². The van der Waals surface area contributed by atoms with E-state index in [2.05, 4.69) is 19.3 Å². The Hall–Kier alpha value is -1.75. The number of hydrogen-bond donors (Lipinski definition) is 4. The van der Waals surface area contributed by atoms with Crippen LogP contribution in [0.2, 0.25) is 0 Å². The first-order chi connectivity index (χ1) is 17.5. The van der Waals surface area contributed by atoms with Gasteiger partial charge in [-0.25, -0.2) is 0 Å². The van der Waals surface area contributed by atoms with Crippen molar-refractivity contribution in [2.24, 2.45) is 46.3 Å². The monoisotopic (exact) mass is 532 g/mol. The van der Waals surface area contributed by atoms with Crippen molar-refractivity contribution in [2.45, 2.75) is 117 Å². The number of hydrogen-bond acceptors (Lipinski definition) is 6. The molecule has 0 aromatic rings. The Labute approximate surface area is 227 Å². The van der Waals surface area contributed by atoms with Crippen LogP contribution in [0.3, 0.4) is 0 Å². The molecule has 7 heteroatoms. The minimum atomic E-state index is -1.61. The van der Waals surface area contributed by atoms with Gasteiger partial charge < -0.3 is 20.4 Å². The lowest BCUT2D eigenvalue weighted by Gasteiger charge is -2.68. The second kappa shape index (κ2) is 10.7. The maximum atomic E-state index is 13.3. The van der Waals surface area contributed by atoms with Gasteiger partial charge in [-0.1, -0.05) is 20.8 Å². The highest BCUT2D eigenvalue weighted by Crippen LogP contribution is 2.72. The summed E-state index contributed by atoms with van der Waals surface area (Å²) < 4.78 is 0. The van der Waals surface area contributed by atoms with E-state index in [4.69, 9.17) is 0 Å². The molecule has 0 bridgehead atoms. The second-order valence-corrected chi connectivity index (χ2v) is 13.3. The molecule has 0 aliphatic heterocycles. The molecular formula is C31H48O7. The molecule has 0 heterocycles. The normalized spacial score (nSPS) is 46.2. The zero-order chi connectivity index (χ0) is 28.8. The highest BCUT2D eigenvalue weighted by Gasteiger charge is 2.74. The van der Waals surface area contributed by atoms with E-state index in [9.17, 15) is 34.8 Å². The number of Topliss-reactive ketones (excluding diaryl/α,β-unsaturated/α-hetero) is 2. The van der Waals surface area contributed by atoms with Crippen molar-refractivity contribution in [3.05, 3.63) is 0 Å². The fourth-order valence-electron chi connectivity index (χ4n) is 9.70. The van der Waals surface area contributed by atoms with Crippen LogP contribution in [0, 0.1) is 58.7 Å². The quantitative estimate of drug-likeness (QED) is 0.380. The van der Waals surface area contributed by atoms with Crippen LogP contribution < -0.4 is 0 Å². The molecule has 0 saturated heterocycles. The number of carbonyl (C=O) groups excluding carboxylic acids is 2. The van der Waals surface area contributed by atoms with Gasteiger partial charge in [0.05, 0.1) is 6.10 Å². The van der Waals surface area contributed by atoms with Crippen molar-refractivity contribution in [2.75, 3.05) is 0 Å². The Kier molecular flexibility index (Phi) is 8.65. The molecule has 3 unspecified atom stereocenters. The van der Waals surface area contributed by atoms with Crippen molar-refractivity contribution in [1.82, 2.24) is 0 Å². The summed E-state index contributed by atoms with van der Waals surface area (Å²) in [6, 6.07) is 0. The molecule has 11 atom stereocenters. The molecule has 0 aromatic carbocycles. The molecule has 4 N–H and O–H groups in total. The van der Waals surface area contributed by atoms with Crippen LogP contribution in [0.15, 0.2) is 0 Å². The fraction of sp³-hybridized carbons (Fsp3) is 0.839. The van der Waals surface area contributed by atoms with Gasteiger partial charge in [-0.2, -0.15) is 0 Å². The molecular weight excluding hydrogens is 484 g/mol. The van der Waals surface area contributed by atoms with E-state index in [0.717, 1.165) is 12.8 Å². The van der Waals surface area contributed by atoms with Crippen molar-refractivity contribution >= 4 is 17.5 Å². The van der Waals surface area contributed by atoms with Crippen molar-refractivity contribution in [1.29, 1.82) is 0 Å². The summed E-state index contributed by atoms with van der Waals surface area (Å²) >= 11 is 0. The van der Waals surface area contributed by atoms with Gasteiger partial charge in [0.15, 0.2) is 11.6 Å². The van der Waals surface area contributed by atoms with Gasteiger partial charge in [0.2, 0.25) is 0 Å². The molecule has 0 radical (unpaired) electrons. The predicted octanol–water partition coefficient (Wildman–Crippen LogP) is 4.01. The molecule has 4 fully saturated rings. The maximum absolute atomic E-state index is 13.3. The van der Waals surface area contributed by atoms with Crippen LogP contribution in [0.4, 0.5) is 0 Å². The lowest BCUT2D eigenvalue weighted by atomic mass is 9.37. The first-order valence-electron chi connectivity index (χ1n) is 14.3. The summed E-state index contributed by atoms with van der Waals surface area (Å²) in [5.41, 5.74) is -4.33. The molecule has 4 aliphatic rings. The van der Waals surface area contributed by atoms with Gasteiger partial charge in [-0.3, -0.25) is 14.4 Å². The number of aliphatic hydroxyl groups is 3. The summed E-state index contributed by atoms with van der Waals surface area (Å²) in [6.45, 7) is 10.7. The topological polar surface area (TPSA) is 132 Å². The smallest absolute Gasteiger partial charge is 0.303 e. The standard InChI is InChI=1S/C28H44O7.C3H4/c1-15(6-9-23(32)33)20-7-8-21-24-22(14-28(35,17(3)30)26(20,21)5)25(4)11-10-19(31)12-18(25)13-27(24,34)16(2)29;1-3-2/h15,18-22,24,31,34-35H,6-14H2,1-5H3,(H,32,33);1H,2H3/t15-,18+,19+,20-,21?,22?,24?,25+,26-,27+,28-;/m1./s1. The number of carbonyl (C=O) groups is 3. The average Bonchev–Trinajstić information content (AvgIpc) is 3.18. The summed E-state index contributed by atoms with van der Waals surface area (Å²) in [5.74, 6) is -0.164. The number of aliphatic carboxylic acids is 1. The third kappa shape index (κ3) is 4.55. The Morgan fingerprint density at radius 2 is 1.63 bits per heavy atom. The number of fused-ring (bicyclic) bond motifs is 5. The zero-order valence-electron chi connectivity index (χ0n) is 24.0. The number of aliphatic hydroxyl groups excluding tert-OH is 1. The van der Waals surface area contributed by atoms with Gasteiger partial charge in [0.25, 0.3) is 0 Å². The van der Waals surface area contributed by atoms with Crippen molar-refractivity contribution < 1.29 is 34.8 Å². The molecule has 0 amide bonds. The van der Waals surface area contributed by atoms with E-state index in [1.165, 1.54) is 13.8 Å². The van der Waals surface area contributed by atoms with E-state index in [-0.39, 0.29) is 65.3 Å². The average molecular weight is 533 g/mol. The Balaban J connectivity index is 0.00000127. The molecule has 4 aliphatic carbocycles. The Bertz CT molecular complexity index is 985. The van der Waals surface area contributed by atoms with Gasteiger partial charge in [-0.05, 0) is 107 Å².